The maximum atomic E-state index is 6.00. The molecule has 1 unspecified atom stereocenters. The van der Waals surface area contributed by atoms with E-state index in [4.69, 9.17) is 5.73 Å². The van der Waals surface area contributed by atoms with Crippen LogP contribution in [0.5, 0.6) is 0 Å². The zero-order chi connectivity index (χ0) is 13.1. The maximum absolute atomic E-state index is 6.00. The van der Waals surface area contributed by atoms with E-state index in [0.717, 1.165) is 5.92 Å². The predicted octanol–water partition coefficient (Wildman–Crippen LogP) is 3.08. The first-order valence-corrected chi connectivity index (χ1v) is 7.12. The minimum absolute atomic E-state index is 0.429. The highest BCUT2D eigenvalue weighted by Gasteiger charge is 2.26. The van der Waals surface area contributed by atoms with E-state index < -0.39 is 0 Å². The number of hydrogen-bond acceptors (Lipinski definition) is 2. The van der Waals surface area contributed by atoms with Gasteiger partial charge in [0.1, 0.15) is 0 Å². The Kier molecular flexibility index (Phi) is 4.41. The fraction of sp³-hybridized carbons (Fsp3) is 0.625. The van der Waals surface area contributed by atoms with Crippen LogP contribution in [0.25, 0.3) is 0 Å². The van der Waals surface area contributed by atoms with E-state index in [-0.39, 0.29) is 0 Å². The second-order valence-corrected chi connectivity index (χ2v) is 5.78. The van der Waals surface area contributed by atoms with E-state index in [1.165, 1.54) is 42.4 Å². The number of hydrogen-bond donors (Lipinski definition) is 2. The van der Waals surface area contributed by atoms with Crippen LogP contribution in [0.3, 0.4) is 0 Å². The SMILES string of the molecule is CNC(c1ccc(C)c(C)c1)C1CCC(N)CC1. The fourth-order valence-electron chi connectivity index (χ4n) is 3.11. The molecule has 0 heterocycles. The van der Waals surface area contributed by atoms with Crippen LogP contribution in [-0.2, 0) is 0 Å². The minimum Gasteiger partial charge on any atom is -0.328 e. The molecule has 0 aliphatic heterocycles. The lowest BCUT2D eigenvalue weighted by Gasteiger charge is -2.33. The number of rotatable bonds is 3. The van der Waals surface area contributed by atoms with Crippen molar-refractivity contribution >= 4 is 0 Å². The van der Waals surface area contributed by atoms with Crippen LogP contribution >= 0.6 is 0 Å². The highest BCUT2D eigenvalue weighted by molar-refractivity contribution is 5.32. The summed E-state index contributed by atoms with van der Waals surface area (Å²) in [4.78, 5) is 0. The Bertz CT molecular complexity index is 392. The molecule has 0 aromatic heterocycles. The fourth-order valence-corrected chi connectivity index (χ4v) is 3.11. The van der Waals surface area contributed by atoms with E-state index in [9.17, 15) is 0 Å². The van der Waals surface area contributed by atoms with E-state index in [1.807, 2.05) is 0 Å². The number of benzene rings is 1. The van der Waals surface area contributed by atoms with E-state index in [2.05, 4.69) is 44.4 Å². The molecule has 100 valence electrons. The summed E-state index contributed by atoms with van der Waals surface area (Å²) in [6, 6.07) is 7.77. The van der Waals surface area contributed by atoms with Crippen molar-refractivity contribution in [3.05, 3.63) is 34.9 Å². The molecule has 2 rings (SSSR count). The molecule has 1 atom stereocenters. The zero-order valence-electron chi connectivity index (χ0n) is 11.9. The van der Waals surface area contributed by atoms with Gasteiger partial charge in [-0.2, -0.15) is 0 Å². The Hall–Kier alpha value is -0.860. The Labute approximate surface area is 111 Å². The summed E-state index contributed by atoms with van der Waals surface area (Å²) in [7, 11) is 2.08. The summed E-state index contributed by atoms with van der Waals surface area (Å²) < 4.78 is 0. The molecular formula is C16H26N2. The van der Waals surface area contributed by atoms with Gasteiger partial charge in [-0.3, -0.25) is 0 Å². The predicted molar refractivity (Wildman–Crippen MR) is 77.7 cm³/mol. The molecule has 0 spiro atoms. The van der Waals surface area contributed by atoms with E-state index in [1.54, 1.807) is 0 Å². The molecule has 1 saturated carbocycles. The Morgan fingerprint density at radius 2 is 1.78 bits per heavy atom. The van der Waals surface area contributed by atoms with E-state index >= 15 is 0 Å². The average molecular weight is 246 g/mol. The van der Waals surface area contributed by atoms with E-state index in [0.29, 0.717) is 12.1 Å². The van der Waals surface area contributed by atoms with Gasteiger partial charge in [-0.1, -0.05) is 18.2 Å². The average Bonchev–Trinajstić information content (AvgIpc) is 2.37. The van der Waals surface area contributed by atoms with Crippen LogP contribution in [0.1, 0.15) is 48.4 Å². The summed E-state index contributed by atoms with van der Waals surface area (Å²) in [6.45, 7) is 4.37. The smallest absolute Gasteiger partial charge is 0.0346 e. The van der Waals surface area contributed by atoms with Gasteiger partial charge in [0.25, 0.3) is 0 Å². The van der Waals surface area contributed by atoms with Crippen molar-refractivity contribution in [2.75, 3.05) is 7.05 Å². The molecule has 0 saturated heterocycles. The summed E-state index contributed by atoms with van der Waals surface area (Å²) in [5.41, 5.74) is 10.2. The Balaban J connectivity index is 2.14. The van der Waals surface area contributed by atoms with Crippen LogP contribution < -0.4 is 11.1 Å². The molecule has 18 heavy (non-hydrogen) atoms. The van der Waals surface area contributed by atoms with Crippen molar-refractivity contribution in [2.24, 2.45) is 11.7 Å². The summed E-state index contributed by atoms with van der Waals surface area (Å²) in [5.74, 6) is 0.733. The van der Waals surface area contributed by atoms with Crippen molar-refractivity contribution < 1.29 is 0 Å². The third-order valence-corrected chi connectivity index (χ3v) is 4.49. The molecule has 1 aromatic carbocycles. The van der Waals surface area contributed by atoms with Crippen LogP contribution in [0, 0.1) is 19.8 Å². The standard InChI is InChI=1S/C16H26N2/c1-11-4-5-14(10-12(11)2)16(18-3)13-6-8-15(17)9-7-13/h4-5,10,13,15-16,18H,6-9,17H2,1-3H3. The summed E-state index contributed by atoms with van der Waals surface area (Å²) >= 11 is 0. The molecule has 0 radical (unpaired) electrons. The molecule has 1 aliphatic rings. The maximum Gasteiger partial charge on any atom is 0.0346 e. The Morgan fingerprint density at radius 1 is 1.11 bits per heavy atom. The van der Waals surface area contributed by atoms with Crippen LogP contribution in [0.4, 0.5) is 0 Å². The van der Waals surface area contributed by atoms with Crippen molar-refractivity contribution in [1.29, 1.82) is 0 Å². The van der Waals surface area contributed by atoms with Crippen molar-refractivity contribution in [3.63, 3.8) is 0 Å². The van der Waals surface area contributed by atoms with Gasteiger partial charge in [-0.05, 0) is 69.2 Å². The van der Waals surface area contributed by atoms with Crippen LogP contribution in [-0.4, -0.2) is 13.1 Å². The minimum atomic E-state index is 0.429. The van der Waals surface area contributed by atoms with Crippen LogP contribution in [0.15, 0.2) is 18.2 Å². The summed E-state index contributed by atoms with van der Waals surface area (Å²) in [6.07, 6.45) is 4.85. The second kappa shape index (κ2) is 5.85. The van der Waals surface area contributed by atoms with Gasteiger partial charge < -0.3 is 11.1 Å². The largest absolute Gasteiger partial charge is 0.328 e. The number of aryl methyl sites for hydroxylation is 2. The molecular weight excluding hydrogens is 220 g/mol. The van der Waals surface area contributed by atoms with Gasteiger partial charge in [-0.25, -0.2) is 0 Å². The van der Waals surface area contributed by atoms with Gasteiger partial charge in [-0.15, -0.1) is 0 Å². The van der Waals surface area contributed by atoms with Crippen LogP contribution in [0.2, 0.25) is 0 Å². The summed E-state index contributed by atoms with van der Waals surface area (Å²) in [5, 5.41) is 3.51. The quantitative estimate of drug-likeness (QED) is 0.860. The molecule has 2 heteroatoms. The Morgan fingerprint density at radius 3 is 2.33 bits per heavy atom. The van der Waals surface area contributed by atoms with Gasteiger partial charge in [0.2, 0.25) is 0 Å². The molecule has 2 nitrogen and oxygen atoms in total. The van der Waals surface area contributed by atoms with Gasteiger partial charge >= 0.3 is 0 Å². The molecule has 0 bridgehead atoms. The topological polar surface area (TPSA) is 38.0 Å². The lowest BCUT2D eigenvalue weighted by molar-refractivity contribution is 0.262. The molecule has 1 aliphatic carbocycles. The number of nitrogens with one attached hydrogen (secondary N) is 1. The zero-order valence-corrected chi connectivity index (χ0v) is 11.9. The van der Waals surface area contributed by atoms with Gasteiger partial charge in [0.15, 0.2) is 0 Å². The third kappa shape index (κ3) is 2.93. The molecule has 1 fully saturated rings. The number of nitrogens with two attached hydrogens (primary N) is 1. The molecule has 1 aromatic rings. The monoisotopic (exact) mass is 246 g/mol. The van der Waals surface area contributed by atoms with Gasteiger partial charge in [0.05, 0.1) is 0 Å². The molecule has 0 amide bonds. The first-order chi connectivity index (χ1) is 8.61. The lowest BCUT2D eigenvalue weighted by atomic mass is 9.79. The van der Waals surface area contributed by atoms with Crippen molar-refractivity contribution in [2.45, 2.75) is 51.6 Å². The molecule has 3 N–H and O–H groups in total. The first-order valence-electron chi connectivity index (χ1n) is 7.12. The first kappa shape index (κ1) is 13.6. The van der Waals surface area contributed by atoms with Gasteiger partial charge in [0, 0.05) is 12.1 Å². The normalized spacial score (nSPS) is 26.0. The highest BCUT2D eigenvalue weighted by Crippen LogP contribution is 2.34. The third-order valence-electron chi connectivity index (χ3n) is 4.49. The highest BCUT2D eigenvalue weighted by atomic mass is 14.9. The lowest BCUT2D eigenvalue weighted by Crippen LogP contribution is -2.33. The van der Waals surface area contributed by atoms with Crippen molar-refractivity contribution in [1.82, 2.24) is 5.32 Å². The second-order valence-electron chi connectivity index (χ2n) is 5.78. The van der Waals surface area contributed by atoms with Crippen molar-refractivity contribution in [3.8, 4) is 0 Å².